The molecular weight excluding hydrogens is 517 g/mol. The number of methoxy groups -OCH3 is 2. The van der Waals surface area contributed by atoms with Gasteiger partial charge in [0.2, 0.25) is 0 Å². The largest absolute Gasteiger partial charge is 0.497 e. The molecule has 2 heterocycles. The van der Waals surface area contributed by atoms with Gasteiger partial charge in [-0.15, -0.1) is 0 Å². The van der Waals surface area contributed by atoms with Gasteiger partial charge in [0.05, 0.1) is 24.8 Å². The summed E-state index contributed by atoms with van der Waals surface area (Å²) in [6, 6.07) is 13.0. The number of benzene rings is 2. The normalized spacial score (nSPS) is 21.3. The van der Waals surface area contributed by atoms with Crippen molar-refractivity contribution in [1.29, 1.82) is 0 Å². The van der Waals surface area contributed by atoms with Gasteiger partial charge in [-0.1, -0.05) is 28.7 Å². The molecule has 0 spiro atoms. The van der Waals surface area contributed by atoms with Crippen LogP contribution in [-0.4, -0.2) is 54.8 Å². The fourth-order valence-corrected chi connectivity index (χ4v) is 6.00. The van der Waals surface area contributed by atoms with Crippen LogP contribution in [0.25, 0.3) is 0 Å². The number of ether oxygens (including phenoxy) is 2. The van der Waals surface area contributed by atoms with Crippen LogP contribution >= 0.6 is 22.6 Å². The Morgan fingerprint density at radius 2 is 1.72 bits per heavy atom. The Bertz CT molecular complexity index is 947. The number of anilines is 1. The summed E-state index contributed by atoms with van der Waals surface area (Å²) in [7, 11) is 3.26. The molecule has 0 unspecified atom stereocenters. The maximum absolute atomic E-state index is 13.2. The highest BCUT2D eigenvalue weighted by Crippen LogP contribution is 2.34. The van der Waals surface area contributed by atoms with Crippen molar-refractivity contribution in [2.45, 2.75) is 44.8 Å². The van der Waals surface area contributed by atoms with Gasteiger partial charge in [-0.25, -0.2) is 0 Å². The van der Waals surface area contributed by atoms with E-state index in [0.29, 0.717) is 23.6 Å². The predicted octanol–water partition coefficient (Wildman–Crippen LogP) is 4.55. The molecule has 2 saturated heterocycles. The maximum Gasteiger partial charge on any atom is 0.252 e. The molecule has 0 aromatic heterocycles. The summed E-state index contributed by atoms with van der Waals surface area (Å²) in [4.78, 5) is 18.3. The average Bonchev–Trinajstić information content (AvgIpc) is 3.06. The smallest absolute Gasteiger partial charge is 0.252 e. The van der Waals surface area contributed by atoms with Crippen molar-refractivity contribution >= 4 is 34.2 Å². The third kappa shape index (κ3) is 4.69. The van der Waals surface area contributed by atoms with Crippen molar-refractivity contribution < 1.29 is 14.3 Å². The van der Waals surface area contributed by atoms with Crippen LogP contribution in [0.4, 0.5) is 5.69 Å². The molecule has 0 saturated carbocycles. The zero-order chi connectivity index (χ0) is 22.8. The van der Waals surface area contributed by atoms with Crippen LogP contribution in [0.5, 0.6) is 11.5 Å². The summed E-state index contributed by atoms with van der Waals surface area (Å²) < 4.78 is 11.8. The van der Waals surface area contributed by atoms with Gasteiger partial charge in [0, 0.05) is 42.5 Å². The number of piperazine rings is 1. The van der Waals surface area contributed by atoms with Gasteiger partial charge < -0.3 is 19.7 Å². The fourth-order valence-electron chi connectivity index (χ4n) is 4.88. The molecule has 4 rings (SSSR count). The number of alkyl halides is 1. The van der Waals surface area contributed by atoms with Gasteiger partial charge >= 0.3 is 0 Å². The Kier molecular flexibility index (Phi) is 7.14. The fraction of sp³-hybridized carbons (Fsp3) is 0.480. The lowest BCUT2D eigenvalue weighted by Crippen LogP contribution is -2.53. The Morgan fingerprint density at radius 1 is 1.09 bits per heavy atom. The second-order valence-electron chi connectivity index (χ2n) is 8.76. The Labute approximate surface area is 204 Å². The lowest BCUT2D eigenvalue weighted by atomic mass is 10.0. The molecule has 172 valence electrons. The van der Waals surface area contributed by atoms with Crippen molar-refractivity contribution in [2.24, 2.45) is 0 Å². The molecule has 2 aromatic rings. The summed E-state index contributed by atoms with van der Waals surface area (Å²) in [6.45, 7) is 6.04. The molecule has 2 aliphatic rings. The number of fused-ring (bicyclic) bond motifs is 2. The Morgan fingerprint density at radius 3 is 2.28 bits per heavy atom. The molecule has 0 radical (unpaired) electrons. The van der Waals surface area contributed by atoms with Crippen LogP contribution in [0.15, 0.2) is 36.4 Å². The molecule has 6 nitrogen and oxygen atoms in total. The number of amides is 1. The third-order valence-corrected chi connectivity index (χ3v) is 7.61. The van der Waals surface area contributed by atoms with Crippen molar-refractivity contribution in [3.8, 4) is 11.5 Å². The molecule has 32 heavy (non-hydrogen) atoms. The van der Waals surface area contributed by atoms with Crippen molar-refractivity contribution in [2.75, 3.05) is 36.8 Å². The second-order valence-corrected chi connectivity index (χ2v) is 9.45. The van der Waals surface area contributed by atoms with Gasteiger partial charge in [-0.05, 0) is 62.1 Å². The number of hydrogen-bond acceptors (Lipinski definition) is 5. The standard InChI is InChI=1S/C25H32IN3O3/c1-16-5-6-19(28-13-20-7-8-21(14-28)29(20)15-26)11-24(16)25(30)27-17(2)18-9-22(31-3)12-23(10-18)32-4/h5-6,9-12,17,20-21H,7-8,13-15H2,1-4H3,(H,27,30)/t17-,20-,21+/m1/s1. The molecule has 3 atom stereocenters. The van der Waals surface area contributed by atoms with Gasteiger partial charge in [-0.2, -0.15) is 0 Å². The minimum absolute atomic E-state index is 0.0625. The maximum atomic E-state index is 13.2. The van der Waals surface area contributed by atoms with Gasteiger partial charge in [0.25, 0.3) is 5.91 Å². The van der Waals surface area contributed by atoms with Crippen molar-refractivity contribution in [1.82, 2.24) is 10.2 Å². The molecule has 2 bridgehead atoms. The number of nitrogens with one attached hydrogen (secondary N) is 1. The highest BCUT2D eigenvalue weighted by atomic mass is 127. The number of carbonyl (C=O) groups is 1. The highest BCUT2D eigenvalue weighted by Gasteiger charge is 2.39. The van der Waals surface area contributed by atoms with Gasteiger partial charge in [0.1, 0.15) is 11.5 Å². The van der Waals surface area contributed by atoms with Crippen LogP contribution in [0, 0.1) is 6.92 Å². The van der Waals surface area contributed by atoms with E-state index < -0.39 is 0 Å². The molecule has 0 aliphatic carbocycles. The quantitative estimate of drug-likeness (QED) is 0.312. The lowest BCUT2D eigenvalue weighted by molar-refractivity contribution is 0.0939. The summed E-state index contributed by atoms with van der Waals surface area (Å²) in [5, 5.41) is 3.15. The summed E-state index contributed by atoms with van der Waals surface area (Å²) >= 11 is 2.48. The number of hydrogen-bond donors (Lipinski definition) is 1. The zero-order valence-electron chi connectivity index (χ0n) is 19.2. The van der Waals surface area contributed by atoms with Crippen LogP contribution < -0.4 is 19.7 Å². The van der Waals surface area contributed by atoms with E-state index in [1.165, 1.54) is 12.8 Å². The number of rotatable bonds is 7. The minimum Gasteiger partial charge on any atom is -0.497 e. The summed E-state index contributed by atoms with van der Waals surface area (Å²) in [5.41, 5.74) is 3.79. The van der Waals surface area contributed by atoms with Crippen LogP contribution in [0.3, 0.4) is 0 Å². The first-order valence-electron chi connectivity index (χ1n) is 11.1. The number of carbonyl (C=O) groups excluding carboxylic acids is 1. The first kappa shape index (κ1) is 23.2. The molecule has 1 N–H and O–H groups in total. The monoisotopic (exact) mass is 549 g/mol. The van der Waals surface area contributed by atoms with Crippen molar-refractivity contribution in [3.05, 3.63) is 53.1 Å². The highest BCUT2D eigenvalue weighted by molar-refractivity contribution is 14.1. The van der Waals surface area contributed by atoms with E-state index in [-0.39, 0.29) is 11.9 Å². The van der Waals surface area contributed by atoms with E-state index in [9.17, 15) is 4.79 Å². The minimum atomic E-state index is -0.183. The first-order chi connectivity index (χ1) is 15.4. The average molecular weight is 549 g/mol. The predicted molar refractivity (Wildman–Crippen MR) is 136 cm³/mol. The molecule has 2 aromatic carbocycles. The second kappa shape index (κ2) is 9.87. The SMILES string of the molecule is COc1cc(OC)cc([C@@H](C)NC(=O)c2cc(N3C[C@H]4CC[C@@H](C3)N4CI)ccc2C)c1. The van der Waals surface area contributed by atoms with E-state index in [0.717, 1.165) is 40.0 Å². The summed E-state index contributed by atoms with van der Waals surface area (Å²) in [6.07, 6.45) is 2.54. The van der Waals surface area contributed by atoms with Crippen LogP contribution in [0.2, 0.25) is 0 Å². The number of halogens is 1. The Balaban J connectivity index is 1.51. The first-order valence-corrected chi connectivity index (χ1v) is 12.7. The van der Waals surface area contributed by atoms with Gasteiger partial charge in [-0.3, -0.25) is 9.69 Å². The number of nitrogens with zero attached hydrogens (tertiary/aromatic N) is 2. The topological polar surface area (TPSA) is 54.0 Å². The van der Waals surface area contributed by atoms with Crippen LogP contribution in [-0.2, 0) is 0 Å². The van der Waals surface area contributed by atoms with E-state index in [4.69, 9.17) is 9.47 Å². The van der Waals surface area contributed by atoms with E-state index in [2.05, 4.69) is 55.9 Å². The van der Waals surface area contributed by atoms with Crippen molar-refractivity contribution in [3.63, 3.8) is 0 Å². The third-order valence-electron chi connectivity index (χ3n) is 6.82. The Hall–Kier alpha value is -2.00. The zero-order valence-corrected chi connectivity index (χ0v) is 21.4. The molecule has 2 aliphatic heterocycles. The number of aryl methyl sites for hydroxylation is 1. The van der Waals surface area contributed by atoms with E-state index >= 15 is 0 Å². The molecular formula is C25H32IN3O3. The molecule has 2 fully saturated rings. The van der Waals surface area contributed by atoms with E-state index in [1.54, 1.807) is 14.2 Å². The van der Waals surface area contributed by atoms with Gasteiger partial charge in [0.15, 0.2) is 0 Å². The van der Waals surface area contributed by atoms with Crippen LogP contribution in [0.1, 0.15) is 47.3 Å². The van der Waals surface area contributed by atoms with E-state index in [1.807, 2.05) is 32.0 Å². The summed E-state index contributed by atoms with van der Waals surface area (Å²) in [5.74, 6) is 1.35. The molecule has 7 heteroatoms. The lowest BCUT2D eigenvalue weighted by Gasteiger charge is -2.41. The molecule has 1 amide bonds.